The summed E-state index contributed by atoms with van der Waals surface area (Å²) in [5, 5.41) is 17.3. The van der Waals surface area contributed by atoms with Crippen molar-refractivity contribution in [1.82, 2.24) is 20.2 Å². The summed E-state index contributed by atoms with van der Waals surface area (Å²) in [6.07, 6.45) is 0.0551. The molecule has 1 amide bonds. The quantitative estimate of drug-likeness (QED) is 0.836. The van der Waals surface area contributed by atoms with Crippen LogP contribution >= 0.6 is 23.4 Å². The molecule has 1 aromatic heterocycles. The molecule has 1 aliphatic rings. The Morgan fingerprint density at radius 1 is 1.37 bits per heavy atom. The van der Waals surface area contributed by atoms with Gasteiger partial charge in [-0.1, -0.05) is 29.4 Å². The van der Waals surface area contributed by atoms with Gasteiger partial charge in [-0.05, 0) is 51.0 Å². The van der Waals surface area contributed by atoms with Gasteiger partial charge in [0, 0.05) is 23.7 Å². The number of hydrogen-bond acceptors (Lipinski definition) is 6. The molecule has 0 radical (unpaired) electrons. The first-order chi connectivity index (χ1) is 12.7. The number of nitrogens with one attached hydrogen (secondary N) is 1. The second-order valence-electron chi connectivity index (χ2n) is 7.19. The molecule has 0 aliphatic carbocycles. The SMILES string of the molecule is Cc1cc(C2=Nn3c(CCNC(=O)OC(C)(C)C)nnc3SC2)ccc1Cl. The highest BCUT2D eigenvalue weighted by atomic mass is 35.5. The van der Waals surface area contributed by atoms with Crippen molar-refractivity contribution < 1.29 is 9.53 Å². The summed E-state index contributed by atoms with van der Waals surface area (Å²) in [7, 11) is 0. The van der Waals surface area contributed by atoms with E-state index in [-0.39, 0.29) is 0 Å². The van der Waals surface area contributed by atoms with E-state index in [0.717, 1.165) is 32.8 Å². The number of amides is 1. The number of ether oxygens (including phenoxy) is 1. The number of aromatic nitrogens is 3. The molecule has 0 saturated carbocycles. The summed E-state index contributed by atoms with van der Waals surface area (Å²) in [6.45, 7) is 7.84. The lowest BCUT2D eigenvalue weighted by Crippen LogP contribution is -2.33. The molecule has 27 heavy (non-hydrogen) atoms. The van der Waals surface area contributed by atoms with Gasteiger partial charge in [-0.3, -0.25) is 0 Å². The third kappa shape index (κ3) is 5.01. The van der Waals surface area contributed by atoms with E-state index < -0.39 is 11.7 Å². The first kappa shape index (κ1) is 19.7. The smallest absolute Gasteiger partial charge is 0.407 e. The zero-order valence-corrected chi connectivity index (χ0v) is 17.3. The minimum atomic E-state index is -0.523. The molecule has 9 heteroatoms. The van der Waals surface area contributed by atoms with Crippen LogP contribution in [0.25, 0.3) is 0 Å². The summed E-state index contributed by atoms with van der Waals surface area (Å²) in [4.78, 5) is 11.8. The van der Waals surface area contributed by atoms with E-state index in [2.05, 4.69) is 15.5 Å². The number of rotatable bonds is 4. The van der Waals surface area contributed by atoms with Gasteiger partial charge in [0.2, 0.25) is 5.16 Å². The fourth-order valence-electron chi connectivity index (χ4n) is 2.48. The highest BCUT2D eigenvalue weighted by Crippen LogP contribution is 2.25. The van der Waals surface area contributed by atoms with Crippen LogP contribution in [0.5, 0.6) is 0 Å². The third-order valence-electron chi connectivity index (χ3n) is 3.74. The Balaban J connectivity index is 1.70. The van der Waals surface area contributed by atoms with Crippen LogP contribution in [0.15, 0.2) is 28.5 Å². The molecular formula is C18H22ClN5O2S. The summed E-state index contributed by atoms with van der Waals surface area (Å²) < 4.78 is 6.97. The van der Waals surface area contributed by atoms with Gasteiger partial charge < -0.3 is 10.1 Å². The maximum Gasteiger partial charge on any atom is 0.407 e. The van der Waals surface area contributed by atoms with Crippen molar-refractivity contribution in [2.45, 2.75) is 44.9 Å². The Labute approximate surface area is 167 Å². The molecule has 0 bridgehead atoms. The molecule has 0 spiro atoms. The molecule has 1 aliphatic heterocycles. The number of carbonyl (C=O) groups excluding carboxylic acids is 1. The number of fused-ring (bicyclic) bond motifs is 1. The summed E-state index contributed by atoms with van der Waals surface area (Å²) in [5.41, 5.74) is 2.46. The Hall–Kier alpha value is -2.06. The number of alkyl carbamates (subject to hydrolysis) is 1. The highest BCUT2D eigenvalue weighted by molar-refractivity contribution is 7.99. The van der Waals surface area contributed by atoms with Gasteiger partial charge in [0.25, 0.3) is 0 Å². The average molecular weight is 408 g/mol. The Morgan fingerprint density at radius 3 is 2.85 bits per heavy atom. The molecule has 0 unspecified atom stereocenters. The van der Waals surface area contributed by atoms with Gasteiger partial charge in [-0.25, -0.2) is 4.79 Å². The van der Waals surface area contributed by atoms with E-state index >= 15 is 0 Å². The Bertz CT molecular complexity index is 888. The standard InChI is InChI=1S/C18H22ClN5O2S/c1-11-9-12(5-6-13(11)19)14-10-27-16-22-21-15(24(16)23-14)7-8-20-17(25)26-18(2,3)4/h5-6,9H,7-8,10H2,1-4H3,(H,20,25). The predicted molar refractivity (Wildman–Crippen MR) is 107 cm³/mol. The number of halogens is 1. The van der Waals surface area contributed by atoms with Crippen LogP contribution in [-0.4, -0.2) is 44.6 Å². The molecular weight excluding hydrogens is 386 g/mol. The van der Waals surface area contributed by atoms with E-state index in [4.69, 9.17) is 21.4 Å². The molecule has 2 heterocycles. The molecule has 0 atom stereocenters. The van der Waals surface area contributed by atoms with Gasteiger partial charge in [-0.15, -0.1) is 10.2 Å². The molecule has 1 N–H and O–H groups in total. The van der Waals surface area contributed by atoms with Gasteiger partial charge in [0.1, 0.15) is 5.60 Å². The first-order valence-electron chi connectivity index (χ1n) is 8.61. The van der Waals surface area contributed by atoms with Gasteiger partial charge >= 0.3 is 6.09 Å². The molecule has 2 aromatic rings. The van der Waals surface area contributed by atoms with Crippen molar-refractivity contribution in [2.75, 3.05) is 12.3 Å². The van der Waals surface area contributed by atoms with Gasteiger partial charge in [-0.2, -0.15) is 9.78 Å². The average Bonchev–Trinajstić information content (AvgIpc) is 2.98. The fourth-order valence-corrected chi connectivity index (χ4v) is 3.46. The lowest BCUT2D eigenvalue weighted by Gasteiger charge is -2.19. The van der Waals surface area contributed by atoms with E-state index in [1.807, 2.05) is 45.9 Å². The summed E-state index contributed by atoms with van der Waals surface area (Å²) >= 11 is 7.70. The predicted octanol–water partition coefficient (Wildman–Crippen LogP) is 3.67. The molecule has 144 valence electrons. The van der Waals surface area contributed by atoms with Gasteiger partial charge in [0.05, 0.1) is 5.71 Å². The van der Waals surface area contributed by atoms with E-state index in [1.165, 1.54) is 0 Å². The minimum Gasteiger partial charge on any atom is -0.444 e. The zero-order chi connectivity index (χ0) is 19.6. The van der Waals surface area contributed by atoms with Crippen molar-refractivity contribution in [3.63, 3.8) is 0 Å². The van der Waals surface area contributed by atoms with Crippen molar-refractivity contribution in [1.29, 1.82) is 0 Å². The Morgan fingerprint density at radius 2 is 2.15 bits per heavy atom. The second-order valence-corrected chi connectivity index (χ2v) is 8.54. The highest BCUT2D eigenvalue weighted by Gasteiger charge is 2.21. The first-order valence-corrected chi connectivity index (χ1v) is 9.97. The minimum absolute atomic E-state index is 0.391. The van der Waals surface area contributed by atoms with Crippen LogP contribution in [0.4, 0.5) is 4.79 Å². The molecule has 0 saturated heterocycles. The van der Waals surface area contributed by atoms with Crippen molar-refractivity contribution in [3.8, 4) is 0 Å². The lowest BCUT2D eigenvalue weighted by molar-refractivity contribution is 0.0528. The molecule has 3 rings (SSSR count). The largest absolute Gasteiger partial charge is 0.444 e. The number of thioether (sulfide) groups is 1. The van der Waals surface area contributed by atoms with E-state index in [9.17, 15) is 4.79 Å². The topological polar surface area (TPSA) is 81.4 Å². The third-order valence-corrected chi connectivity index (χ3v) is 5.10. The summed E-state index contributed by atoms with van der Waals surface area (Å²) in [5.74, 6) is 1.41. The maximum absolute atomic E-state index is 11.8. The van der Waals surface area contributed by atoms with Crippen LogP contribution in [-0.2, 0) is 11.2 Å². The van der Waals surface area contributed by atoms with Crippen molar-refractivity contribution in [2.24, 2.45) is 5.10 Å². The second kappa shape index (κ2) is 7.90. The number of nitrogens with zero attached hydrogens (tertiary/aromatic N) is 4. The number of hydrogen-bond donors (Lipinski definition) is 1. The molecule has 1 aromatic carbocycles. The van der Waals surface area contributed by atoms with Gasteiger partial charge in [0.15, 0.2) is 5.82 Å². The monoisotopic (exact) mass is 407 g/mol. The Kier molecular flexibility index (Phi) is 5.76. The zero-order valence-electron chi connectivity index (χ0n) is 15.7. The molecule has 7 nitrogen and oxygen atoms in total. The molecule has 0 fully saturated rings. The lowest BCUT2D eigenvalue weighted by atomic mass is 10.1. The van der Waals surface area contributed by atoms with Crippen LogP contribution in [0.2, 0.25) is 5.02 Å². The summed E-state index contributed by atoms with van der Waals surface area (Å²) in [6, 6.07) is 5.88. The number of aryl methyl sites for hydroxylation is 1. The van der Waals surface area contributed by atoms with Crippen LogP contribution in [0, 0.1) is 6.92 Å². The van der Waals surface area contributed by atoms with Crippen LogP contribution < -0.4 is 5.32 Å². The van der Waals surface area contributed by atoms with Crippen LogP contribution in [0.1, 0.15) is 37.7 Å². The van der Waals surface area contributed by atoms with Crippen molar-refractivity contribution >= 4 is 35.2 Å². The maximum atomic E-state index is 11.8. The number of benzene rings is 1. The van der Waals surface area contributed by atoms with Crippen LogP contribution in [0.3, 0.4) is 0 Å². The fraction of sp³-hybridized carbons (Fsp3) is 0.444. The number of carbonyl (C=O) groups is 1. The van der Waals surface area contributed by atoms with E-state index in [0.29, 0.717) is 18.8 Å². The van der Waals surface area contributed by atoms with Crippen molar-refractivity contribution in [3.05, 3.63) is 40.2 Å². The normalized spacial score (nSPS) is 13.7. The van der Waals surface area contributed by atoms with E-state index in [1.54, 1.807) is 16.4 Å².